The van der Waals surface area contributed by atoms with E-state index >= 15 is 0 Å². The van der Waals surface area contributed by atoms with Crippen molar-refractivity contribution in [2.24, 2.45) is 11.8 Å². The smallest absolute Gasteiger partial charge is 0.224 e. The van der Waals surface area contributed by atoms with E-state index in [0.717, 1.165) is 56.8 Å². The number of rotatable bonds is 9. The van der Waals surface area contributed by atoms with Gasteiger partial charge in [-0.25, -0.2) is 0 Å². The zero-order valence-corrected chi connectivity index (χ0v) is 19.0. The second kappa shape index (κ2) is 11.8. The lowest BCUT2D eigenvalue weighted by Gasteiger charge is -2.32. The molecule has 0 bridgehead atoms. The summed E-state index contributed by atoms with van der Waals surface area (Å²) in [7, 11) is 0. The Morgan fingerprint density at radius 2 is 2.06 bits per heavy atom. The van der Waals surface area contributed by atoms with Crippen LogP contribution in [0.3, 0.4) is 0 Å². The molecule has 4 heterocycles. The van der Waals surface area contributed by atoms with E-state index in [1.54, 1.807) is 12.4 Å². The van der Waals surface area contributed by atoms with Gasteiger partial charge in [0, 0.05) is 57.8 Å². The van der Waals surface area contributed by atoms with Crippen molar-refractivity contribution in [3.63, 3.8) is 0 Å². The summed E-state index contributed by atoms with van der Waals surface area (Å²) in [6.07, 6.45) is 8.15. The van der Waals surface area contributed by atoms with Gasteiger partial charge in [0.25, 0.3) is 0 Å². The first-order valence-corrected chi connectivity index (χ1v) is 11.9. The van der Waals surface area contributed by atoms with Gasteiger partial charge in [-0.3, -0.25) is 19.7 Å². The van der Waals surface area contributed by atoms with E-state index in [1.807, 2.05) is 23.1 Å². The molecule has 9 nitrogen and oxygen atoms in total. The highest BCUT2D eigenvalue weighted by molar-refractivity contribution is 5.79. The fourth-order valence-corrected chi connectivity index (χ4v) is 4.42. The Morgan fingerprint density at radius 1 is 1.18 bits per heavy atom. The van der Waals surface area contributed by atoms with Gasteiger partial charge in [0.1, 0.15) is 5.75 Å². The maximum Gasteiger partial charge on any atom is 0.224 e. The average molecular weight is 456 g/mol. The van der Waals surface area contributed by atoms with Crippen molar-refractivity contribution < 1.29 is 19.1 Å². The second-order valence-electron chi connectivity index (χ2n) is 8.87. The number of nitrogens with zero attached hydrogens (tertiary/aromatic N) is 3. The van der Waals surface area contributed by atoms with E-state index in [0.29, 0.717) is 44.2 Å². The number of amides is 2. The number of aromatic nitrogens is 3. The molecule has 2 aliphatic heterocycles. The zero-order chi connectivity index (χ0) is 22.9. The average Bonchev–Trinajstić information content (AvgIpc) is 3.39. The SMILES string of the molecule is O=C(CC1CCOCC1)NCCC(=O)N1CCC[C@@H](COc2ccc(-c3ccn[nH]3)nc2)C1. The summed E-state index contributed by atoms with van der Waals surface area (Å²) in [4.78, 5) is 31.1. The number of hydrogen-bond donors (Lipinski definition) is 2. The fourth-order valence-electron chi connectivity index (χ4n) is 4.42. The first-order valence-electron chi connectivity index (χ1n) is 11.9. The van der Waals surface area contributed by atoms with Crippen LogP contribution in [-0.4, -0.2) is 71.4 Å². The number of pyridine rings is 1. The third-order valence-electron chi connectivity index (χ3n) is 6.35. The van der Waals surface area contributed by atoms with Crippen molar-refractivity contribution in [3.05, 3.63) is 30.6 Å². The molecule has 0 unspecified atom stereocenters. The van der Waals surface area contributed by atoms with Crippen LogP contribution in [-0.2, 0) is 14.3 Å². The van der Waals surface area contributed by atoms with Gasteiger partial charge >= 0.3 is 0 Å². The third-order valence-corrected chi connectivity index (χ3v) is 6.35. The van der Waals surface area contributed by atoms with Crippen LogP contribution in [0.2, 0.25) is 0 Å². The molecule has 0 radical (unpaired) electrons. The predicted molar refractivity (Wildman–Crippen MR) is 122 cm³/mol. The van der Waals surface area contributed by atoms with Crippen molar-refractivity contribution in [2.45, 2.75) is 38.5 Å². The molecule has 9 heteroatoms. The molecule has 2 N–H and O–H groups in total. The standard InChI is InChI=1S/C24H33N5O4/c30-23(14-18-7-12-32-13-8-18)25-9-6-24(31)29-11-1-2-19(16-29)17-33-20-3-4-21(26-15-20)22-5-10-27-28-22/h3-5,10,15,18-19H,1-2,6-9,11-14,16-17H2,(H,25,30)(H,27,28)/t19-/m1/s1. The van der Waals surface area contributed by atoms with Crippen LogP contribution >= 0.6 is 0 Å². The minimum Gasteiger partial charge on any atom is -0.492 e. The number of aromatic amines is 1. The molecule has 1 atom stereocenters. The summed E-state index contributed by atoms with van der Waals surface area (Å²) in [5, 5.41) is 9.74. The first kappa shape index (κ1) is 23.2. The molecule has 2 aromatic rings. The number of piperidine rings is 1. The van der Waals surface area contributed by atoms with Gasteiger partial charge in [-0.1, -0.05) is 0 Å². The van der Waals surface area contributed by atoms with Gasteiger partial charge in [0.15, 0.2) is 0 Å². The van der Waals surface area contributed by atoms with Gasteiger partial charge in [-0.05, 0) is 49.8 Å². The molecule has 178 valence electrons. The van der Waals surface area contributed by atoms with Crippen LogP contribution in [0.5, 0.6) is 5.75 Å². The molecule has 0 aliphatic carbocycles. The quantitative estimate of drug-likeness (QED) is 0.601. The van der Waals surface area contributed by atoms with Crippen LogP contribution < -0.4 is 10.1 Å². The lowest BCUT2D eigenvalue weighted by atomic mass is 9.96. The summed E-state index contributed by atoms with van der Waals surface area (Å²) in [6.45, 7) is 3.89. The van der Waals surface area contributed by atoms with Crippen LogP contribution in [0.1, 0.15) is 38.5 Å². The van der Waals surface area contributed by atoms with Crippen LogP contribution in [0, 0.1) is 11.8 Å². The van der Waals surface area contributed by atoms with Gasteiger partial charge < -0.3 is 19.7 Å². The number of ether oxygens (including phenoxy) is 2. The van der Waals surface area contributed by atoms with E-state index in [1.165, 1.54) is 0 Å². The van der Waals surface area contributed by atoms with E-state index in [9.17, 15) is 9.59 Å². The molecule has 2 aliphatic rings. The molecule has 2 amide bonds. The lowest BCUT2D eigenvalue weighted by Crippen LogP contribution is -2.42. The third kappa shape index (κ3) is 7.02. The fraction of sp³-hybridized carbons (Fsp3) is 0.583. The minimum absolute atomic E-state index is 0.0341. The van der Waals surface area contributed by atoms with Crippen molar-refractivity contribution in [2.75, 3.05) is 39.5 Å². The van der Waals surface area contributed by atoms with Gasteiger partial charge in [0.2, 0.25) is 11.8 Å². The molecule has 2 fully saturated rings. The monoisotopic (exact) mass is 455 g/mol. The highest BCUT2D eigenvalue weighted by Gasteiger charge is 2.24. The normalized spacial score (nSPS) is 19.3. The maximum atomic E-state index is 12.6. The number of carbonyl (C=O) groups excluding carboxylic acids is 2. The second-order valence-corrected chi connectivity index (χ2v) is 8.87. The molecule has 4 rings (SSSR count). The zero-order valence-electron chi connectivity index (χ0n) is 19.0. The molecule has 0 saturated carbocycles. The predicted octanol–water partition coefficient (Wildman–Crippen LogP) is 2.41. The summed E-state index contributed by atoms with van der Waals surface area (Å²) in [5.74, 6) is 1.53. The molecular weight excluding hydrogens is 422 g/mol. The topological polar surface area (TPSA) is 109 Å². The largest absolute Gasteiger partial charge is 0.492 e. The molecular formula is C24H33N5O4. The van der Waals surface area contributed by atoms with Crippen LogP contribution in [0.15, 0.2) is 30.6 Å². The van der Waals surface area contributed by atoms with E-state index in [4.69, 9.17) is 9.47 Å². The molecule has 0 spiro atoms. The Morgan fingerprint density at radius 3 is 2.82 bits per heavy atom. The number of likely N-dealkylation sites (tertiary alicyclic amines) is 1. The number of H-pyrrole nitrogens is 1. The Labute approximate surface area is 194 Å². The number of hydrogen-bond acceptors (Lipinski definition) is 6. The van der Waals surface area contributed by atoms with Gasteiger partial charge in [-0.2, -0.15) is 5.10 Å². The number of carbonyl (C=O) groups is 2. The highest BCUT2D eigenvalue weighted by atomic mass is 16.5. The summed E-state index contributed by atoms with van der Waals surface area (Å²) >= 11 is 0. The molecule has 33 heavy (non-hydrogen) atoms. The lowest BCUT2D eigenvalue weighted by molar-refractivity contribution is -0.133. The van der Waals surface area contributed by atoms with Crippen LogP contribution in [0.4, 0.5) is 0 Å². The Balaban J connectivity index is 1.15. The van der Waals surface area contributed by atoms with E-state index in [-0.39, 0.29) is 17.7 Å². The van der Waals surface area contributed by atoms with E-state index < -0.39 is 0 Å². The first-order chi connectivity index (χ1) is 16.2. The Kier molecular flexibility index (Phi) is 8.30. The maximum absolute atomic E-state index is 12.6. The Hall–Kier alpha value is -2.94. The molecule has 2 saturated heterocycles. The van der Waals surface area contributed by atoms with Crippen molar-refractivity contribution in [1.82, 2.24) is 25.4 Å². The van der Waals surface area contributed by atoms with E-state index in [2.05, 4.69) is 20.5 Å². The minimum atomic E-state index is 0.0341. The Bertz CT molecular complexity index is 881. The van der Waals surface area contributed by atoms with Crippen LogP contribution in [0.25, 0.3) is 11.4 Å². The summed E-state index contributed by atoms with van der Waals surface area (Å²) < 4.78 is 11.3. The summed E-state index contributed by atoms with van der Waals surface area (Å²) in [5.41, 5.74) is 1.68. The highest BCUT2D eigenvalue weighted by Crippen LogP contribution is 2.21. The van der Waals surface area contributed by atoms with Crippen molar-refractivity contribution in [3.8, 4) is 17.1 Å². The number of nitrogens with one attached hydrogen (secondary N) is 2. The molecule has 0 aromatic carbocycles. The van der Waals surface area contributed by atoms with Gasteiger partial charge in [-0.15, -0.1) is 0 Å². The van der Waals surface area contributed by atoms with Crippen molar-refractivity contribution in [1.29, 1.82) is 0 Å². The molecule has 2 aromatic heterocycles. The summed E-state index contributed by atoms with van der Waals surface area (Å²) in [6, 6.07) is 5.67. The van der Waals surface area contributed by atoms with Crippen molar-refractivity contribution >= 4 is 11.8 Å². The van der Waals surface area contributed by atoms with Gasteiger partial charge in [0.05, 0.1) is 24.2 Å².